The molecule has 0 saturated carbocycles. The number of carbonyl (C=O) groups excluding carboxylic acids is 2. The van der Waals surface area contributed by atoms with E-state index in [2.05, 4.69) is 4.74 Å². The number of aliphatic hydroxyl groups excluding tert-OH is 1. The Bertz CT molecular complexity index is 534. The summed E-state index contributed by atoms with van der Waals surface area (Å²) in [5.74, 6) is 0.0150. The molecule has 1 amide bonds. The number of ether oxygens (including phenoxy) is 3. The molecule has 0 aliphatic heterocycles. The highest BCUT2D eigenvalue weighted by atomic mass is 16.5. The van der Waals surface area contributed by atoms with Crippen molar-refractivity contribution in [1.29, 1.82) is 0 Å². The van der Waals surface area contributed by atoms with E-state index in [-0.39, 0.29) is 51.3 Å². The number of nitrogens with zero attached hydrogens (tertiary/aromatic N) is 1. The minimum absolute atomic E-state index is 0.0764. The Morgan fingerprint density at radius 1 is 1.20 bits per heavy atom. The number of rotatable bonds is 12. The van der Waals surface area contributed by atoms with Crippen molar-refractivity contribution >= 4 is 11.9 Å². The SMILES string of the molecule is CCc1cccc(OCC(=O)N(CCOCCO)CCC(=O)OC)c1. The van der Waals surface area contributed by atoms with Gasteiger partial charge in [0, 0.05) is 13.1 Å². The van der Waals surface area contributed by atoms with E-state index in [1.54, 1.807) is 6.07 Å². The van der Waals surface area contributed by atoms with Gasteiger partial charge in [0.05, 0.1) is 33.4 Å². The van der Waals surface area contributed by atoms with Crippen molar-refractivity contribution in [3.05, 3.63) is 29.8 Å². The third kappa shape index (κ3) is 8.51. The minimum Gasteiger partial charge on any atom is -0.484 e. The van der Waals surface area contributed by atoms with Crippen LogP contribution < -0.4 is 4.74 Å². The first-order chi connectivity index (χ1) is 12.1. The maximum Gasteiger partial charge on any atom is 0.307 e. The number of benzene rings is 1. The number of esters is 1. The molecule has 0 fully saturated rings. The highest BCUT2D eigenvalue weighted by molar-refractivity contribution is 5.78. The second kappa shape index (κ2) is 12.3. The Morgan fingerprint density at radius 3 is 2.68 bits per heavy atom. The highest BCUT2D eigenvalue weighted by Gasteiger charge is 2.16. The molecular formula is C18H27NO6. The molecule has 1 N–H and O–H groups in total. The van der Waals surface area contributed by atoms with Gasteiger partial charge in [-0.05, 0) is 24.1 Å². The lowest BCUT2D eigenvalue weighted by Crippen LogP contribution is -2.39. The molecule has 0 saturated heterocycles. The molecule has 0 bridgehead atoms. The monoisotopic (exact) mass is 353 g/mol. The predicted molar refractivity (Wildman–Crippen MR) is 92.4 cm³/mol. The fraction of sp³-hybridized carbons (Fsp3) is 0.556. The first kappa shape index (κ1) is 20.9. The van der Waals surface area contributed by atoms with Gasteiger partial charge in [-0.2, -0.15) is 0 Å². The van der Waals surface area contributed by atoms with Gasteiger partial charge in [-0.1, -0.05) is 19.1 Å². The van der Waals surface area contributed by atoms with E-state index >= 15 is 0 Å². The third-order valence-corrected chi connectivity index (χ3v) is 3.58. The number of aliphatic hydroxyl groups is 1. The Morgan fingerprint density at radius 2 is 2.00 bits per heavy atom. The van der Waals surface area contributed by atoms with Crippen LogP contribution in [0.1, 0.15) is 18.9 Å². The van der Waals surface area contributed by atoms with E-state index in [4.69, 9.17) is 14.6 Å². The number of methoxy groups -OCH3 is 1. The van der Waals surface area contributed by atoms with E-state index in [0.29, 0.717) is 12.3 Å². The van der Waals surface area contributed by atoms with Crippen LogP contribution in [0.2, 0.25) is 0 Å². The molecule has 1 aromatic carbocycles. The fourth-order valence-electron chi connectivity index (χ4n) is 2.12. The largest absolute Gasteiger partial charge is 0.484 e. The second-order valence-electron chi connectivity index (χ2n) is 5.33. The summed E-state index contributed by atoms with van der Waals surface area (Å²) in [4.78, 5) is 25.2. The molecule has 25 heavy (non-hydrogen) atoms. The molecule has 0 radical (unpaired) electrons. The zero-order valence-electron chi connectivity index (χ0n) is 14.9. The Balaban J connectivity index is 2.55. The Labute approximate surface area is 148 Å². The summed E-state index contributed by atoms with van der Waals surface area (Å²) in [5, 5.41) is 8.71. The van der Waals surface area contributed by atoms with Gasteiger partial charge in [-0.15, -0.1) is 0 Å². The molecule has 1 aromatic rings. The summed E-state index contributed by atoms with van der Waals surface area (Å²) in [6, 6.07) is 7.58. The van der Waals surface area contributed by atoms with Gasteiger partial charge < -0.3 is 24.2 Å². The van der Waals surface area contributed by atoms with Gasteiger partial charge in [-0.3, -0.25) is 9.59 Å². The van der Waals surface area contributed by atoms with Crippen LogP contribution in [0.5, 0.6) is 5.75 Å². The second-order valence-corrected chi connectivity index (χ2v) is 5.33. The number of hydrogen-bond acceptors (Lipinski definition) is 6. The first-order valence-electron chi connectivity index (χ1n) is 8.35. The van der Waals surface area contributed by atoms with Crippen molar-refractivity contribution < 1.29 is 28.9 Å². The molecule has 0 heterocycles. The Kier molecular flexibility index (Phi) is 10.3. The molecule has 7 heteroatoms. The van der Waals surface area contributed by atoms with Gasteiger partial charge in [0.15, 0.2) is 6.61 Å². The summed E-state index contributed by atoms with van der Waals surface area (Å²) >= 11 is 0. The lowest BCUT2D eigenvalue weighted by Gasteiger charge is -2.22. The van der Waals surface area contributed by atoms with E-state index < -0.39 is 0 Å². The van der Waals surface area contributed by atoms with E-state index in [0.717, 1.165) is 12.0 Å². The van der Waals surface area contributed by atoms with Gasteiger partial charge in [0.1, 0.15) is 5.75 Å². The molecule has 0 aliphatic carbocycles. The number of carbonyl (C=O) groups is 2. The third-order valence-electron chi connectivity index (χ3n) is 3.58. The molecule has 0 aliphatic rings. The maximum absolute atomic E-state index is 12.4. The van der Waals surface area contributed by atoms with Crippen molar-refractivity contribution in [2.45, 2.75) is 19.8 Å². The number of amides is 1. The summed E-state index contributed by atoms with van der Waals surface area (Å²) in [6.45, 7) is 2.88. The first-order valence-corrected chi connectivity index (χ1v) is 8.35. The molecule has 140 valence electrons. The van der Waals surface area contributed by atoms with Crippen molar-refractivity contribution in [3.63, 3.8) is 0 Å². The van der Waals surface area contributed by atoms with Crippen molar-refractivity contribution in [1.82, 2.24) is 4.90 Å². The summed E-state index contributed by atoms with van der Waals surface area (Å²) < 4.78 is 15.4. The molecule has 0 atom stereocenters. The topological polar surface area (TPSA) is 85.3 Å². The fourth-order valence-corrected chi connectivity index (χ4v) is 2.12. The van der Waals surface area contributed by atoms with Crippen LogP contribution in [0.4, 0.5) is 0 Å². The zero-order chi connectivity index (χ0) is 18.5. The van der Waals surface area contributed by atoms with E-state index in [1.165, 1.54) is 12.0 Å². The predicted octanol–water partition coefficient (Wildman–Crippen LogP) is 1.03. The number of hydrogen-bond donors (Lipinski definition) is 1. The average molecular weight is 353 g/mol. The van der Waals surface area contributed by atoms with Gasteiger partial charge >= 0.3 is 5.97 Å². The van der Waals surface area contributed by atoms with E-state index in [9.17, 15) is 9.59 Å². The molecule has 0 unspecified atom stereocenters. The van der Waals surface area contributed by atoms with Gasteiger partial charge in [-0.25, -0.2) is 0 Å². The molecule has 7 nitrogen and oxygen atoms in total. The van der Waals surface area contributed by atoms with Crippen molar-refractivity contribution in [2.24, 2.45) is 0 Å². The van der Waals surface area contributed by atoms with Crippen molar-refractivity contribution in [3.8, 4) is 5.75 Å². The maximum atomic E-state index is 12.4. The normalized spacial score (nSPS) is 10.4. The molecule has 0 spiro atoms. The Hall–Kier alpha value is -2.12. The van der Waals surface area contributed by atoms with Crippen LogP contribution in [0.15, 0.2) is 24.3 Å². The van der Waals surface area contributed by atoms with Gasteiger partial charge in [0.2, 0.25) is 0 Å². The summed E-state index contributed by atoms with van der Waals surface area (Å²) in [7, 11) is 1.31. The molecule has 1 rings (SSSR count). The number of aryl methyl sites for hydroxylation is 1. The van der Waals surface area contributed by atoms with Crippen molar-refractivity contribution in [2.75, 3.05) is 46.6 Å². The summed E-state index contributed by atoms with van der Waals surface area (Å²) in [6.07, 6.45) is 0.992. The van der Waals surface area contributed by atoms with Crippen LogP contribution in [-0.4, -0.2) is 68.5 Å². The lowest BCUT2D eigenvalue weighted by molar-refractivity contribution is -0.142. The van der Waals surface area contributed by atoms with Crippen LogP contribution in [0.25, 0.3) is 0 Å². The smallest absolute Gasteiger partial charge is 0.307 e. The van der Waals surface area contributed by atoms with Crippen LogP contribution in [0, 0.1) is 0 Å². The highest BCUT2D eigenvalue weighted by Crippen LogP contribution is 2.13. The molecule has 0 aromatic heterocycles. The van der Waals surface area contributed by atoms with Crippen LogP contribution >= 0.6 is 0 Å². The average Bonchev–Trinajstić information content (AvgIpc) is 2.65. The van der Waals surface area contributed by atoms with E-state index in [1.807, 2.05) is 25.1 Å². The minimum atomic E-state index is -0.384. The van der Waals surface area contributed by atoms with Crippen LogP contribution in [0.3, 0.4) is 0 Å². The van der Waals surface area contributed by atoms with Gasteiger partial charge in [0.25, 0.3) is 5.91 Å². The quantitative estimate of drug-likeness (QED) is 0.446. The lowest BCUT2D eigenvalue weighted by atomic mass is 10.2. The van der Waals surface area contributed by atoms with Crippen LogP contribution in [-0.2, 0) is 25.5 Å². The standard InChI is InChI=1S/C18H27NO6/c1-3-15-5-4-6-16(13-15)25-14-17(21)19(8-7-18(22)23-2)9-11-24-12-10-20/h4-6,13,20H,3,7-12,14H2,1-2H3. The summed E-state index contributed by atoms with van der Waals surface area (Å²) in [5.41, 5.74) is 1.13. The zero-order valence-corrected chi connectivity index (χ0v) is 14.9. The molecular weight excluding hydrogens is 326 g/mol.